The third-order valence-corrected chi connectivity index (χ3v) is 2.72. The van der Waals surface area contributed by atoms with Crippen LogP contribution in [-0.4, -0.2) is 12.4 Å². The summed E-state index contributed by atoms with van der Waals surface area (Å²) in [7, 11) is 0. The second kappa shape index (κ2) is 5.90. The van der Waals surface area contributed by atoms with Crippen molar-refractivity contribution in [2.24, 2.45) is 0 Å². The lowest BCUT2D eigenvalue weighted by atomic mass is 10.0. The molecular weight excluding hydrogens is 333 g/mol. The van der Waals surface area contributed by atoms with Crippen molar-refractivity contribution < 1.29 is 40.3 Å². The molecule has 2 aromatic rings. The van der Waals surface area contributed by atoms with Crippen LogP contribution in [0.25, 0.3) is 11.1 Å². The van der Waals surface area contributed by atoms with Gasteiger partial charge < -0.3 is 4.74 Å². The predicted octanol–water partition coefficient (Wildman–Crippen LogP) is 4.78. The molecule has 0 fully saturated rings. The Morgan fingerprint density at radius 1 is 0.913 bits per heavy atom. The fraction of sp³-hybridized carbons (Fsp3) is 0.0714. The van der Waals surface area contributed by atoms with Crippen molar-refractivity contribution in [3.05, 3.63) is 53.3 Å². The number of carbonyl (C=O) groups excluding carboxylic acids is 1. The molecule has 0 unspecified atom stereocenters. The highest BCUT2D eigenvalue weighted by molar-refractivity contribution is 5.89. The van der Waals surface area contributed by atoms with Crippen LogP contribution < -0.4 is 4.74 Å². The zero-order valence-corrected chi connectivity index (χ0v) is 10.8. The molecule has 0 N–H and O–H groups in total. The molecule has 2 nitrogen and oxygen atoms in total. The van der Waals surface area contributed by atoms with E-state index in [1.807, 2.05) is 0 Å². The van der Waals surface area contributed by atoms with Gasteiger partial charge in [-0.1, -0.05) is 6.07 Å². The minimum absolute atomic E-state index is 0.416. The Morgan fingerprint density at radius 2 is 1.48 bits per heavy atom. The number of ether oxygens (including phenoxy) is 1. The van der Waals surface area contributed by atoms with Crippen LogP contribution in [0.15, 0.2) is 30.3 Å². The van der Waals surface area contributed by atoms with E-state index in [9.17, 15) is 35.5 Å². The molecule has 0 spiro atoms. The Hall–Kier alpha value is -2.58. The first-order valence-electron chi connectivity index (χ1n) is 5.83. The van der Waals surface area contributed by atoms with Crippen LogP contribution in [0, 0.1) is 17.5 Å². The lowest BCUT2D eigenvalue weighted by Gasteiger charge is -2.12. The summed E-state index contributed by atoms with van der Waals surface area (Å²) in [5, 5.41) is 0. The van der Waals surface area contributed by atoms with Crippen LogP contribution in [-0.2, 0) is 0 Å². The van der Waals surface area contributed by atoms with Gasteiger partial charge >= 0.3 is 12.4 Å². The molecule has 0 aromatic heterocycles. The summed E-state index contributed by atoms with van der Waals surface area (Å²) in [5.74, 6) is -6.28. The van der Waals surface area contributed by atoms with Gasteiger partial charge in [0.05, 0.1) is 5.56 Å². The summed E-state index contributed by atoms with van der Waals surface area (Å²) in [6.45, 7) is 0. The van der Waals surface area contributed by atoms with Gasteiger partial charge in [-0.15, -0.1) is 13.2 Å². The summed E-state index contributed by atoms with van der Waals surface area (Å²) in [4.78, 5) is 10.5. The Balaban J connectivity index is 2.48. The van der Waals surface area contributed by atoms with Gasteiger partial charge in [0.15, 0.2) is 11.6 Å². The normalized spacial score (nSPS) is 11.4. The van der Waals surface area contributed by atoms with Gasteiger partial charge in [-0.05, 0) is 29.8 Å². The maximum Gasteiger partial charge on any atom is 0.573 e. The lowest BCUT2D eigenvalue weighted by molar-refractivity contribution is -0.276. The highest BCUT2D eigenvalue weighted by Crippen LogP contribution is 2.33. The van der Waals surface area contributed by atoms with Crippen LogP contribution in [0.5, 0.6) is 5.75 Å². The maximum absolute atomic E-state index is 13.8. The first kappa shape index (κ1) is 16.8. The number of hydrogen-bond acceptors (Lipinski definition) is 2. The zero-order chi connectivity index (χ0) is 17.4. The molecule has 0 aliphatic carbocycles. The molecule has 2 rings (SSSR count). The van der Waals surface area contributed by atoms with Crippen molar-refractivity contribution in [2.75, 3.05) is 0 Å². The fourth-order valence-corrected chi connectivity index (χ4v) is 1.80. The minimum atomic E-state index is -5.31. The molecule has 9 heteroatoms. The van der Waals surface area contributed by atoms with Gasteiger partial charge in [0.25, 0.3) is 0 Å². The number of rotatable bonds is 3. The Morgan fingerprint density at radius 3 is 1.91 bits per heavy atom. The van der Waals surface area contributed by atoms with Gasteiger partial charge in [-0.2, -0.15) is 4.39 Å². The minimum Gasteiger partial charge on any atom is -0.399 e. The number of alkyl halides is 3. The summed E-state index contributed by atoms with van der Waals surface area (Å²) in [5.41, 5.74) is -1.51. The van der Waals surface area contributed by atoms with E-state index in [1.165, 1.54) is 0 Å². The molecule has 0 aliphatic rings. The summed E-state index contributed by atoms with van der Waals surface area (Å²) in [6, 6.07) is 1.13. The third kappa shape index (κ3) is 3.79. The summed E-state index contributed by atoms with van der Waals surface area (Å²) >= 11 is 0. The average molecular weight is 338 g/mol. The molecule has 0 heterocycles. The molecule has 2 aromatic carbocycles. The van der Waals surface area contributed by atoms with Crippen LogP contribution in [0.1, 0.15) is 10.4 Å². The predicted molar refractivity (Wildman–Crippen MR) is 63.9 cm³/mol. The maximum atomic E-state index is 13.8. The number of benzene rings is 2. The van der Waals surface area contributed by atoms with Crippen molar-refractivity contribution in [1.29, 1.82) is 0 Å². The quantitative estimate of drug-likeness (QED) is 0.595. The van der Waals surface area contributed by atoms with Crippen molar-refractivity contribution >= 4 is 6.04 Å². The molecule has 122 valence electrons. The molecule has 0 saturated carbocycles. The standard InChI is InChI=1S/C14H5F7O2/c15-9-3-6(13(18)22)1-2-8(9)7-4-10(16)12(11(17)5-7)23-14(19,20)21/h1-5H. The van der Waals surface area contributed by atoms with E-state index in [1.54, 1.807) is 0 Å². The fourth-order valence-electron chi connectivity index (χ4n) is 1.80. The van der Waals surface area contributed by atoms with Crippen molar-refractivity contribution in [3.8, 4) is 16.9 Å². The number of carbonyl (C=O) groups is 1. The van der Waals surface area contributed by atoms with Gasteiger partial charge in [0.1, 0.15) is 5.82 Å². The van der Waals surface area contributed by atoms with Crippen molar-refractivity contribution in [2.45, 2.75) is 6.36 Å². The molecule has 0 bridgehead atoms. The molecule has 0 radical (unpaired) electrons. The summed E-state index contributed by atoms with van der Waals surface area (Å²) < 4.78 is 92.6. The van der Waals surface area contributed by atoms with Gasteiger partial charge in [-0.25, -0.2) is 13.2 Å². The molecule has 23 heavy (non-hydrogen) atoms. The van der Waals surface area contributed by atoms with Crippen LogP contribution >= 0.6 is 0 Å². The van der Waals surface area contributed by atoms with Crippen LogP contribution in [0.2, 0.25) is 0 Å². The molecule has 0 saturated heterocycles. The molecule has 0 amide bonds. The van der Waals surface area contributed by atoms with Gasteiger partial charge in [0.2, 0.25) is 5.75 Å². The van der Waals surface area contributed by atoms with E-state index in [-0.39, 0.29) is 0 Å². The smallest absolute Gasteiger partial charge is 0.399 e. The lowest BCUT2D eigenvalue weighted by Crippen LogP contribution is -2.19. The topological polar surface area (TPSA) is 26.3 Å². The van der Waals surface area contributed by atoms with E-state index in [0.29, 0.717) is 18.2 Å². The van der Waals surface area contributed by atoms with Crippen molar-refractivity contribution in [1.82, 2.24) is 0 Å². The average Bonchev–Trinajstić information content (AvgIpc) is 2.41. The Bertz CT molecular complexity index is 745. The largest absolute Gasteiger partial charge is 0.573 e. The SMILES string of the molecule is O=C(F)c1ccc(-c2cc(F)c(OC(F)(F)F)c(F)c2)c(F)c1. The van der Waals surface area contributed by atoms with E-state index in [0.717, 1.165) is 12.1 Å². The molecular formula is C14H5F7O2. The molecule has 0 aliphatic heterocycles. The Labute approximate surface area is 124 Å². The number of halogens is 7. The first-order chi connectivity index (χ1) is 10.6. The van der Waals surface area contributed by atoms with E-state index >= 15 is 0 Å². The van der Waals surface area contributed by atoms with Gasteiger partial charge in [0, 0.05) is 5.56 Å². The van der Waals surface area contributed by atoms with Crippen molar-refractivity contribution in [3.63, 3.8) is 0 Å². The second-order valence-electron chi connectivity index (χ2n) is 4.29. The molecule has 0 atom stereocenters. The number of hydrogen-bond donors (Lipinski definition) is 0. The van der Waals surface area contributed by atoms with E-state index in [2.05, 4.69) is 4.74 Å². The monoisotopic (exact) mass is 338 g/mol. The second-order valence-corrected chi connectivity index (χ2v) is 4.29. The van der Waals surface area contributed by atoms with Crippen LogP contribution in [0.4, 0.5) is 30.7 Å². The highest BCUT2D eigenvalue weighted by atomic mass is 19.4. The van der Waals surface area contributed by atoms with E-state index in [4.69, 9.17) is 0 Å². The third-order valence-electron chi connectivity index (χ3n) is 2.72. The first-order valence-corrected chi connectivity index (χ1v) is 5.83. The van der Waals surface area contributed by atoms with Crippen LogP contribution in [0.3, 0.4) is 0 Å². The highest BCUT2D eigenvalue weighted by Gasteiger charge is 2.34. The zero-order valence-electron chi connectivity index (χ0n) is 10.8. The van der Waals surface area contributed by atoms with Gasteiger partial charge in [-0.3, -0.25) is 4.79 Å². The Kier molecular flexibility index (Phi) is 4.31. The van der Waals surface area contributed by atoms with E-state index < -0.39 is 52.3 Å². The summed E-state index contributed by atoms with van der Waals surface area (Å²) in [6.07, 6.45) is -5.31.